The van der Waals surface area contributed by atoms with E-state index in [1.165, 1.54) is 22.0 Å². The van der Waals surface area contributed by atoms with Crippen LogP contribution in [-0.4, -0.2) is 67.6 Å². The lowest BCUT2D eigenvalue weighted by Crippen LogP contribution is -2.42. The molecule has 0 saturated carbocycles. The zero-order chi connectivity index (χ0) is 21.0. The van der Waals surface area contributed by atoms with E-state index >= 15 is 0 Å². The van der Waals surface area contributed by atoms with Gasteiger partial charge in [-0.25, -0.2) is 9.67 Å². The van der Waals surface area contributed by atoms with E-state index in [4.69, 9.17) is 0 Å². The number of rotatable bonds is 7. The van der Waals surface area contributed by atoms with Crippen molar-refractivity contribution in [1.29, 1.82) is 0 Å². The molecule has 2 amide bonds. The molecular weight excluding hydrogens is 372 g/mol. The van der Waals surface area contributed by atoms with Crippen molar-refractivity contribution in [1.82, 2.24) is 29.1 Å². The molecule has 152 valence electrons. The molecule has 3 rings (SSSR count). The lowest BCUT2D eigenvalue weighted by Gasteiger charge is -2.23. The average molecular weight is 396 g/mol. The van der Waals surface area contributed by atoms with E-state index in [0.29, 0.717) is 24.1 Å². The van der Waals surface area contributed by atoms with Crippen molar-refractivity contribution >= 4 is 22.8 Å². The molecular formula is C20H24N6O3. The Morgan fingerprint density at radius 1 is 1.07 bits per heavy atom. The molecule has 2 heterocycles. The largest absolute Gasteiger partial charge is 0.342 e. The highest BCUT2D eigenvalue weighted by Crippen LogP contribution is 2.12. The van der Waals surface area contributed by atoms with Crippen LogP contribution in [0.5, 0.6) is 0 Å². The number of nitrogens with zero attached hydrogens (tertiary/aromatic N) is 6. The maximum Gasteiger partial charge on any atom is 0.264 e. The first-order valence-corrected chi connectivity index (χ1v) is 9.46. The quantitative estimate of drug-likeness (QED) is 0.592. The predicted molar refractivity (Wildman–Crippen MR) is 109 cm³/mol. The first-order valence-electron chi connectivity index (χ1n) is 9.46. The smallest absolute Gasteiger partial charge is 0.264 e. The van der Waals surface area contributed by atoms with Crippen molar-refractivity contribution in [2.45, 2.75) is 20.4 Å². The van der Waals surface area contributed by atoms with Gasteiger partial charge in [-0.2, -0.15) is 5.10 Å². The summed E-state index contributed by atoms with van der Waals surface area (Å²) in [6, 6.07) is 9.37. The highest BCUT2D eigenvalue weighted by molar-refractivity contribution is 5.84. The van der Waals surface area contributed by atoms with Gasteiger partial charge in [-0.05, 0) is 26.0 Å². The molecule has 0 fully saturated rings. The normalized spacial score (nSPS) is 10.9. The van der Waals surface area contributed by atoms with Gasteiger partial charge >= 0.3 is 0 Å². The van der Waals surface area contributed by atoms with Gasteiger partial charge in [0.05, 0.1) is 18.4 Å². The van der Waals surface area contributed by atoms with E-state index in [1.807, 2.05) is 44.2 Å². The number of hydrogen-bond acceptors (Lipinski definition) is 5. The minimum absolute atomic E-state index is 0.0309. The number of fused-ring (bicyclic) bond motifs is 1. The Kier molecular flexibility index (Phi) is 6.06. The summed E-state index contributed by atoms with van der Waals surface area (Å²) < 4.78 is 2.82. The number of benzene rings is 1. The molecule has 0 atom stereocenters. The standard InChI is InChI=1S/C20H24N6O3/c1-4-24(5-2)18(28)12-23(3)17(27)13-25-14-21-19-16(20(25)29)11-22-26(19)15-9-7-6-8-10-15/h6-11,14H,4-5,12-13H2,1-3H3. The first kappa shape index (κ1) is 20.2. The summed E-state index contributed by atoms with van der Waals surface area (Å²) in [4.78, 5) is 44.8. The summed E-state index contributed by atoms with van der Waals surface area (Å²) in [6.07, 6.45) is 2.79. The third kappa shape index (κ3) is 4.18. The van der Waals surface area contributed by atoms with Gasteiger partial charge in [0.1, 0.15) is 18.3 Å². The highest BCUT2D eigenvalue weighted by Gasteiger charge is 2.18. The Balaban J connectivity index is 1.79. The zero-order valence-electron chi connectivity index (χ0n) is 16.8. The molecule has 1 aromatic carbocycles. The van der Waals surface area contributed by atoms with E-state index in [0.717, 1.165) is 5.69 Å². The minimum Gasteiger partial charge on any atom is -0.342 e. The predicted octanol–water partition coefficient (Wildman–Crippen LogP) is 0.909. The topological polar surface area (TPSA) is 93.3 Å². The van der Waals surface area contributed by atoms with Crippen LogP contribution in [-0.2, 0) is 16.1 Å². The van der Waals surface area contributed by atoms with Crippen LogP contribution in [0.2, 0.25) is 0 Å². The van der Waals surface area contributed by atoms with Crippen LogP contribution in [0.15, 0.2) is 47.7 Å². The summed E-state index contributed by atoms with van der Waals surface area (Å²) in [7, 11) is 1.55. The fraction of sp³-hybridized carbons (Fsp3) is 0.350. The van der Waals surface area contributed by atoms with Crippen LogP contribution in [0.3, 0.4) is 0 Å². The van der Waals surface area contributed by atoms with Crippen LogP contribution < -0.4 is 5.56 Å². The molecule has 3 aromatic rings. The second kappa shape index (κ2) is 8.68. The highest BCUT2D eigenvalue weighted by atomic mass is 16.2. The molecule has 0 aliphatic carbocycles. The van der Waals surface area contributed by atoms with Crippen molar-refractivity contribution in [3.05, 3.63) is 53.2 Å². The number of aromatic nitrogens is 4. The molecule has 29 heavy (non-hydrogen) atoms. The van der Waals surface area contributed by atoms with Gasteiger partial charge in [-0.1, -0.05) is 18.2 Å². The third-order valence-corrected chi connectivity index (χ3v) is 4.78. The Hall–Kier alpha value is -3.49. The number of carbonyl (C=O) groups is 2. The monoisotopic (exact) mass is 396 g/mol. The molecule has 0 radical (unpaired) electrons. The number of carbonyl (C=O) groups excluding carboxylic acids is 2. The molecule has 0 aliphatic heterocycles. The molecule has 9 heteroatoms. The SMILES string of the molecule is CCN(CC)C(=O)CN(C)C(=O)Cn1cnc2c(cnn2-c2ccccc2)c1=O. The van der Waals surface area contributed by atoms with E-state index < -0.39 is 0 Å². The van der Waals surface area contributed by atoms with Gasteiger partial charge in [0.25, 0.3) is 5.56 Å². The summed E-state index contributed by atoms with van der Waals surface area (Å²) >= 11 is 0. The van der Waals surface area contributed by atoms with Gasteiger partial charge in [0.2, 0.25) is 11.8 Å². The van der Waals surface area contributed by atoms with Crippen molar-refractivity contribution < 1.29 is 9.59 Å². The third-order valence-electron chi connectivity index (χ3n) is 4.78. The molecule has 9 nitrogen and oxygen atoms in total. The van der Waals surface area contributed by atoms with Crippen molar-refractivity contribution in [2.75, 3.05) is 26.7 Å². The minimum atomic E-state index is -0.353. The van der Waals surface area contributed by atoms with Crippen LogP contribution in [0.25, 0.3) is 16.7 Å². The maximum atomic E-state index is 12.8. The summed E-state index contributed by atoms with van der Waals surface area (Å²) in [5.74, 6) is -0.472. The van der Waals surface area contributed by atoms with Gasteiger partial charge in [-0.3, -0.25) is 19.0 Å². The fourth-order valence-electron chi connectivity index (χ4n) is 3.05. The Morgan fingerprint density at radius 2 is 1.76 bits per heavy atom. The van der Waals surface area contributed by atoms with Crippen molar-refractivity contribution in [3.8, 4) is 5.69 Å². The van der Waals surface area contributed by atoms with Crippen LogP contribution in [0.1, 0.15) is 13.8 Å². The molecule has 2 aromatic heterocycles. The molecule has 0 bridgehead atoms. The summed E-state index contributed by atoms with van der Waals surface area (Å²) in [6.45, 7) is 4.72. The van der Waals surface area contributed by atoms with Crippen LogP contribution >= 0.6 is 0 Å². The number of likely N-dealkylation sites (N-methyl/N-ethyl adjacent to an activating group) is 2. The van der Waals surface area contributed by atoms with Gasteiger partial charge in [0, 0.05) is 20.1 Å². The second-order valence-electron chi connectivity index (χ2n) is 6.62. The molecule has 0 N–H and O–H groups in total. The second-order valence-corrected chi connectivity index (χ2v) is 6.62. The maximum absolute atomic E-state index is 12.8. The summed E-state index contributed by atoms with van der Waals surface area (Å²) in [5.41, 5.74) is 0.863. The molecule has 0 aliphatic rings. The van der Waals surface area contributed by atoms with Gasteiger partial charge in [-0.15, -0.1) is 0 Å². The molecule has 0 saturated heterocycles. The summed E-state index contributed by atoms with van der Waals surface area (Å²) in [5, 5.41) is 4.58. The van der Waals surface area contributed by atoms with Crippen LogP contribution in [0.4, 0.5) is 0 Å². The Morgan fingerprint density at radius 3 is 2.41 bits per heavy atom. The van der Waals surface area contributed by atoms with E-state index in [-0.39, 0.29) is 30.5 Å². The number of amides is 2. The van der Waals surface area contributed by atoms with Crippen LogP contribution in [0, 0.1) is 0 Å². The number of para-hydroxylation sites is 1. The molecule has 0 unspecified atom stereocenters. The first-order chi connectivity index (χ1) is 14.0. The lowest BCUT2D eigenvalue weighted by molar-refractivity contribution is -0.139. The molecule has 0 spiro atoms. The van der Waals surface area contributed by atoms with Gasteiger partial charge < -0.3 is 9.80 Å². The van der Waals surface area contributed by atoms with Gasteiger partial charge in [0.15, 0.2) is 5.65 Å². The van der Waals surface area contributed by atoms with E-state index in [9.17, 15) is 14.4 Å². The van der Waals surface area contributed by atoms with Crippen molar-refractivity contribution in [2.24, 2.45) is 0 Å². The Bertz CT molecular complexity index is 1070. The van der Waals surface area contributed by atoms with E-state index in [2.05, 4.69) is 10.1 Å². The number of hydrogen-bond donors (Lipinski definition) is 0. The zero-order valence-corrected chi connectivity index (χ0v) is 16.8. The van der Waals surface area contributed by atoms with E-state index in [1.54, 1.807) is 16.6 Å². The fourth-order valence-corrected chi connectivity index (χ4v) is 3.05. The Labute approximate surface area is 168 Å². The van der Waals surface area contributed by atoms with Crippen molar-refractivity contribution in [3.63, 3.8) is 0 Å². The average Bonchev–Trinajstić information content (AvgIpc) is 3.16. The lowest BCUT2D eigenvalue weighted by atomic mass is 10.3.